The van der Waals surface area contributed by atoms with Gasteiger partial charge in [0.1, 0.15) is 0 Å². The zero-order valence-corrected chi connectivity index (χ0v) is 17.3. The highest BCUT2D eigenvalue weighted by molar-refractivity contribution is 9.10. The van der Waals surface area contributed by atoms with Gasteiger partial charge in [0.15, 0.2) is 0 Å². The van der Waals surface area contributed by atoms with Gasteiger partial charge >= 0.3 is 6.03 Å². The van der Waals surface area contributed by atoms with Gasteiger partial charge in [-0.2, -0.15) is 0 Å². The van der Waals surface area contributed by atoms with E-state index in [0.717, 1.165) is 16.4 Å². The van der Waals surface area contributed by atoms with Gasteiger partial charge in [-0.15, -0.1) is 0 Å². The van der Waals surface area contributed by atoms with Crippen LogP contribution in [0.2, 0.25) is 0 Å². The Kier molecular flexibility index (Phi) is 4.73. The van der Waals surface area contributed by atoms with E-state index in [0.29, 0.717) is 25.0 Å². The molecular weight excluding hydrogens is 392 g/mol. The number of nitrogens with one attached hydrogen (secondary N) is 1. The van der Waals surface area contributed by atoms with E-state index in [-0.39, 0.29) is 6.03 Å². The first-order valence-corrected chi connectivity index (χ1v) is 10.4. The van der Waals surface area contributed by atoms with E-state index in [1.54, 1.807) is 4.90 Å². The van der Waals surface area contributed by atoms with Gasteiger partial charge in [-0.3, -0.25) is 4.68 Å². The molecule has 1 aromatic carbocycles. The number of likely N-dealkylation sites (N-methyl/N-ethyl adjacent to an activating group) is 1. The normalized spacial score (nSPS) is 22.3. The predicted octanol–water partition coefficient (Wildman–Crippen LogP) is 4.14. The van der Waals surface area contributed by atoms with Gasteiger partial charge in [-0.25, -0.2) is 10.2 Å². The summed E-state index contributed by atoms with van der Waals surface area (Å²) < 4.78 is 3.01. The maximum absolute atomic E-state index is 12.6. The third-order valence-electron chi connectivity index (χ3n) is 6.13. The van der Waals surface area contributed by atoms with Crippen molar-refractivity contribution in [1.29, 1.82) is 0 Å². The van der Waals surface area contributed by atoms with Crippen LogP contribution in [0.15, 0.2) is 22.8 Å². The molecule has 6 heteroatoms. The van der Waals surface area contributed by atoms with Crippen molar-refractivity contribution in [3.8, 4) is 0 Å². The molecule has 2 heterocycles. The van der Waals surface area contributed by atoms with E-state index in [2.05, 4.69) is 51.6 Å². The van der Waals surface area contributed by atoms with Gasteiger partial charge < -0.3 is 9.80 Å². The lowest BCUT2D eigenvalue weighted by molar-refractivity contribution is 0.157. The minimum atomic E-state index is -0.0474. The van der Waals surface area contributed by atoms with E-state index in [1.807, 2.05) is 18.5 Å². The smallest absolute Gasteiger partial charge is 0.324 e. The molecule has 0 radical (unpaired) electrons. The van der Waals surface area contributed by atoms with Crippen molar-refractivity contribution in [1.82, 2.24) is 14.5 Å². The first-order chi connectivity index (χ1) is 12.5. The Balaban J connectivity index is 1.79. The quantitative estimate of drug-likeness (QED) is 0.813. The molecule has 1 fully saturated rings. The first-order valence-electron chi connectivity index (χ1n) is 9.63. The van der Waals surface area contributed by atoms with Crippen LogP contribution in [0.3, 0.4) is 0 Å². The van der Waals surface area contributed by atoms with Crippen LogP contribution in [0.25, 0.3) is 10.9 Å². The standard InChI is InChI=1S/C20H27BrN4O/c1-4-24(5-2)20(26)22-25-12-13-9-17-15(7-6-8-23(17)3)16-10-14(21)11-18(25)19(13)16/h10-12,15,17H,4-9H2,1-3H3,(H,22,26)/t15-,17-/m1/s1. The fraction of sp³-hybridized carbons (Fsp3) is 0.550. The Bertz CT molecular complexity index is 842. The number of piperidine rings is 1. The largest absolute Gasteiger partial charge is 0.336 e. The first kappa shape index (κ1) is 17.9. The average Bonchev–Trinajstić information content (AvgIpc) is 2.95. The maximum Gasteiger partial charge on any atom is 0.336 e. The van der Waals surface area contributed by atoms with Crippen LogP contribution in [-0.2, 0) is 6.42 Å². The number of aromatic nitrogens is 1. The number of carbonyl (C=O) groups is 1. The number of urea groups is 1. The summed E-state index contributed by atoms with van der Waals surface area (Å²) in [5.41, 5.74) is 6.96. The fourth-order valence-corrected chi connectivity index (χ4v) is 5.24. The number of fused-ring (bicyclic) bond motifs is 2. The molecule has 1 saturated heterocycles. The zero-order chi connectivity index (χ0) is 18.4. The molecule has 0 spiro atoms. The molecule has 0 saturated carbocycles. The van der Waals surface area contributed by atoms with Gasteiger partial charge in [0.05, 0.1) is 5.52 Å². The van der Waals surface area contributed by atoms with Crippen LogP contribution in [0, 0.1) is 0 Å². The minimum Gasteiger partial charge on any atom is -0.324 e. The Hall–Kier alpha value is -1.53. The van der Waals surface area contributed by atoms with Crippen LogP contribution in [0.4, 0.5) is 4.79 Å². The van der Waals surface area contributed by atoms with Gasteiger partial charge in [-0.05, 0) is 70.0 Å². The molecular formula is C20H27BrN4O. The molecule has 2 atom stereocenters. The molecule has 4 rings (SSSR count). The highest BCUT2D eigenvalue weighted by atomic mass is 79.9. The Labute approximate surface area is 163 Å². The van der Waals surface area contributed by atoms with Crippen LogP contribution in [-0.4, -0.2) is 53.2 Å². The van der Waals surface area contributed by atoms with Gasteiger partial charge in [0.2, 0.25) is 0 Å². The molecule has 26 heavy (non-hydrogen) atoms. The summed E-state index contributed by atoms with van der Waals surface area (Å²) in [7, 11) is 2.25. The molecule has 1 aliphatic heterocycles. The van der Waals surface area contributed by atoms with Gasteiger partial charge in [0.25, 0.3) is 0 Å². The number of benzene rings is 1. The lowest BCUT2D eigenvalue weighted by Gasteiger charge is -2.42. The molecule has 140 valence electrons. The van der Waals surface area contributed by atoms with Crippen molar-refractivity contribution in [3.63, 3.8) is 0 Å². The summed E-state index contributed by atoms with van der Waals surface area (Å²) in [6.45, 7) is 6.60. The van der Waals surface area contributed by atoms with E-state index < -0.39 is 0 Å². The monoisotopic (exact) mass is 418 g/mol. The van der Waals surface area contributed by atoms with E-state index >= 15 is 0 Å². The molecule has 5 nitrogen and oxygen atoms in total. The van der Waals surface area contributed by atoms with E-state index in [9.17, 15) is 4.79 Å². The highest BCUT2D eigenvalue weighted by Crippen LogP contribution is 2.44. The number of rotatable bonds is 3. The van der Waals surface area contributed by atoms with E-state index in [4.69, 9.17) is 0 Å². The second-order valence-corrected chi connectivity index (χ2v) is 8.42. The third-order valence-corrected chi connectivity index (χ3v) is 6.59. The van der Waals surface area contributed by atoms with E-state index in [1.165, 1.54) is 35.9 Å². The van der Waals surface area contributed by atoms with Crippen molar-refractivity contribution in [2.75, 3.05) is 32.1 Å². The van der Waals surface area contributed by atoms with Crippen molar-refractivity contribution in [3.05, 3.63) is 33.9 Å². The number of likely N-dealkylation sites (tertiary alicyclic amines) is 1. The summed E-state index contributed by atoms with van der Waals surface area (Å²) in [6, 6.07) is 4.92. The summed E-state index contributed by atoms with van der Waals surface area (Å²) in [6.07, 6.45) is 5.68. The third kappa shape index (κ3) is 2.83. The fourth-order valence-electron chi connectivity index (χ4n) is 4.78. The van der Waals surface area contributed by atoms with Crippen molar-refractivity contribution in [2.24, 2.45) is 0 Å². The number of carbonyl (C=O) groups excluding carboxylic acids is 1. The molecule has 2 aromatic rings. The van der Waals surface area contributed by atoms with Crippen molar-refractivity contribution >= 4 is 32.9 Å². The van der Waals surface area contributed by atoms with Crippen LogP contribution in [0.1, 0.15) is 43.7 Å². The number of hydrogen-bond donors (Lipinski definition) is 1. The van der Waals surface area contributed by atoms with Gasteiger partial charge in [-0.1, -0.05) is 15.9 Å². The Morgan fingerprint density at radius 1 is 1.35 bits per heavy atom. The predicted molar refractivity (Wildman–Crippen MR) is 109 cm³/mol. The van der Waals surface area contributed by atoms with Crippen molar-refractivity contribution in [2.45, 2.75) is 45.1 Å². The molecule has 1 aliphatic carbocycles. The Morgan fingerprint density at radius 3 is 2.85 bits per heavy atom. The summed E-state index contributed by atoms with van der Waals surface area (Å²) >= 11 is 3.70. The van der Waals surface area contributed by atoms with Crippen LogP contribution < -0.4 is 5.43 Å². The SMILES string of the molecule is CCN(CC)C(=O)Nn1cc2c3c(cc(Br)cc31)[C@H]1CCCN(C)[C@@H]1C2. The lowest BCUT2D eigenvalue weighted by atomic mass is 9.75. The molecule has 2 aliphatic rings. The molecule has 2 amide bonds. The summed E-state index contributed by atoms with van der Waals surface area (Å²) in [5, 5.41) is 1.34. The Morgan fingerprint density at radius 2 is 2.12 bits per heavy atom. The zero-order valence-electron chi connectivity index (χ0n) is 15.8. The lowest BCUT2D eigenvalue weighted by Crippen LogP contribution is -2.44. The highest BCUT2D eigenvalue weighted by Gasteiger charge is 2.36. The number of hydrogen-bond acceptors (Lipinski definition) is 2. The van der Waals surface area contributed by atoms with Gasteiger partial charge in [0, 0.05) is 41.1 Å². The number of nitrogens with zero attached hydrogens (tertiary/aromatic N) is 3. The molecule has 1 N–H and O–H groups in total. The summed E-state index contributed by atoms with van der Waals surface area (Å²) in [5.74, 6) is 0.579. The second kappa shape index (κ2) is 6.89. The van der Waals surface area contributed by atoms with Crippen LogP contribution in [0.5, 0.6) is 0 Å². The minimum absolute atomic E-state index is 0.0474. The summed E-state index contributed by atoms with van der Waals surface area (Å²) in [4.78, 5) is 16.9. The molecule has 1 aromatic heterocycles. The number of amides is 2. The number of halogens is 1. The van der Waals surface area contributed by atoms with Crippen LogP contribution >= 0.6 is 15.9 Å². The maximum atomic E-state index is 12.6. The molecule has 0 bridgehead atoms. The average molecular weight is 419 g/mol. The van der Waals surface area contributed by atoms with Crippen molar-refractivity contribution < 1.29 is 4.79 Å². The topological polar surface area (TPSA) is 40.5 Å². The second-order valence-electron chi connectivity index (χ2n) is 7.50. The molecule has 0 unspecified atom stereocenters.